The van der Waals surface area contributed by atoms with Gasteiger partial charge in [0.2, 0.25) is 0 Å². The smallest absolute Gasteiger partial charge is 0.0462 e. The molecule has 0 spiro atoms. The molecular weight excluding hydrogens is 202 g/mol. The minimum Gasteiger partial charge on any atom is -0.396 e. The third kappa shape index (κ3) is 5.28. The molecule has 3 heteroatoms. The third-order valence-electron chi connectivity index (χ3n) is 3.51. The number of likely N-dealkylation sites (tertiary alicyclic amines) is 1. The normalized spacial score (nSPS) is 22.5. The molecule has 1 heterocycles. The predicted octanol–water partition coefficient (Wildman–Crippen LogP) is 2.04. The lowest BCUT2D eigenvalue weighted by Crippen LogP contribution is -2.40. The maximum absolute atomic E-state index is 9.03. The minimum atomic E-state index is 0.338. The van der Waals surface area contributed by atoms with Crippen LogP contribution in [0.15, 0.2) is 0 Å². The topological polar surface area (TPSA) is 32.7 Å². The quantitative estimate of drug-likeness (QED) is 0.647. The molecule has 0 radical (unpaired) electrons. The summed E-state index contributed by atoms with van der Waals surface area (Å²) in [7, 11) is 1.77. The monoisotopic (exact) mass is 229 g/mol. The average Bonchev–Trinajstić information content (AvgIpc) is 2.31. The van der Waals surface area contributed by atoms with Crippen molar-refractivity contribution < 1.29 is 9.84 Å². The van der Waals surface area contributed by atoms with Gasteiger partial charge < -0.3 is 14.7 Å². The van der Waals surface area contributed by atoms with E-state index in [0.29, 0.717) is 12.6 Å². The van der Waals surface area contributed by atoms with E-state index < -0.39 is 0 Å². The van der Waals surface area contributed by atoms with E-state index in [4.69, 9.17) is 9.84 Å². The number of hydrogen-bond acceptors (Lipinski definition) is 3. The van der Waals surface area contributed by atoms with Gasteiger partial charge in [0.15, 0.2) is 0 Å². The Morgan fingerprint density at radius 1 is 1.25 bits per heavy atom. The summed E-state index contributed by atoms with van der Waals surface area (Å²) < 4.78 is 5.05. The Balaban J connectivity index is 2.11. The maximum atomic E-state index is 9.03. The summed E-state index contributed by atoms with van der Waals surface area (Å²) in [6, 6.07) is 0.640. The second-order valence-electron chi connectivity index (χ2n) is 4.75. The molecule has 0 bridgehead atoms. The van der Waals surface area contributed by atoms with Gasteiger partial charge in [0, 0.05) is 26.4 Å². The molecule has 1 N–H and O–H groups in total. The van der Waals surface area contributed by atoms with Crippen LogP contribution in [0, 0.1) is 0 Å². The molecule has 0 saturated carbocycles. The summed E-state index contributed by atoms with van der Waals surface area (Å²) in [5.41, 5.74) is 0. The molecule has 1 saturated heterocycles. The van der Waals surface area contributed by atoms with Gasteiger partial charge in [-0.3, -0.25) is 0 Å². The summed E-state index contributed by atoms with van der Waals surface area (Å²) in [6.07, 6.45) is 8.61. The molecule has 0 aromatic carbocycles. The molecule has 0 amide bonds. The number of methoxy groups -OCH3 is 1. The van der Waals surface area contributed by atoms with E-state index in [-0.39, 0.29) is 0 Å². The van der Waals surface area contributed by atoms with Crippen molar-refractivity contribution in [2.45, 2.75) is 51.0 Å². The Morgan fingerprint density at radius 2 is 2.12 bits per heavy atom. The maximum Gasteiger partial charge on any atom is 0.0462 e. The lowest BCUT2D eigenvalue weighted by molar-refractivity contribution is 0.115. The lowest BCUT2D eigenvalue weighted by atomic mass is 9.99. The molecule has 1 fully saturated rings. The summed E-state index contributed by atoms with van der Waals surface area (Å²) in [5.74, 6) is 0. The fraction of sp³-hybridized carbons (Fsp3) is 1.00. The zero-order valence-corrected chi connectivity index (χ0v) is 10.7. The largest absolute Gasteiger partial charge is 0.396 e. The molecule has 1 rings (SSSR count). The van der Waals surface area contributed by atoms with E-state index in [0.717, 1.165) is 13.0 Å². The van der Waals surface area contributed by atoms with E-state index in [1.165, 1.54) is 51.6 Å². The third-order valence-corrected chi connectivity index (χ3v) is 3.51. The van der Waals surface area contributed by atoms with Gasteiger partial charge in [-0.1, -0.05) is 6.42 Å². The van der Waals surface area contributed by atoms with Crippen LogP contribution >= 0.6 is 0 Å². The van der Waals surface area contributed by atoms with Crippen LogP contribution in [0.25, 0.3) is 0 Å². The number of piperidine rings is 1. The first-order valence-electron chi connectivity index (χ1n) is 6.72. The first kappa shape index (κ1) is 13.9. The number of nitrogens with zero attached hydrogens (tertiary/aromatic N) is 1. The molecule has 16 heavy (non-hydrogen) atoms. The van der Waals surface area contributed by atoms with Crippen LogP contribution in [0.3, 0.4) is 0 Å². The number of hydrogen-bond donors (Lipinski definition) is 1. The molecule has 0 aliphatic carbocycles. The van der Waals surface area contributed by atoms with E-state index in [1.807, 2.05) is 0 Å². The highest BCUT2D eigenvalue weighted by Crippen LogP contribution is 2.19. The van der Waals surface area contributed by atoms with Gasteiger partial charge in [0.05, 0.1) is 0 Å². The molecule has 1 unspecified atom stereocenters. The van der Waals surface area contributed by atoms with Crippen LogP contribution in [-0.2, 0) is 4.74 Å². The minimum absolute atomic E-state index is 0.338. The summed E-state index contributed by atoms with van der Waals surface area (Å²) in [4.78, 5) is 2.58. The number of rotatable bonds is 8. The first-order valence-corrected chi connectivity index (χ1v) is 6.72. The highest BCUT2D eigenvalue weighted by atomic mass is 16.5. The standard InChI is InChI=1S/C13H27NO2/c1-16-12-6-2-4-9-14-10-5-3-7-13(14)8-11-15/h13,15H,2-12H2,1H3. The fourth-order valence-corrected chi connectivity index (χ4v) is 2.57. The highest BCUT2D eigenvalue weighted by molar-refractivity contribution is 4.76. The Morgan fingerprint density at radius 3 is 2.88 bits per heavy atom. The van der Waals surface area contributed by atoms with Crippen LogP contribution in [0.2, 0.25) is 0 Å². The van der Waals surface area contributed by atoms with Crippen LogP contribution in [0.5, 0.6) is 0 Å². The van der Waals surface area contributed by atoms with Crippen LogP contribution < -0.4 is 0 Å². The molecular formula is C13H27NO2. The summed E-state index contributed by atoms with van der Waals surface area (Å²) >= 11 is 0. The summed E-state index contributed by atoms with van der Waals surface area (Å²) in [5, 5.41) is 9.03. The zero-order valence-electron chi connectivity index (χ0n) is 10.7. The van der Waals surface area contributed by atoms with E-state index in [2.05, 4.69) is 4.90 Å². The SMILES string of the molecule is COCCCCCN1CCCCC1CCO. The molecule has 0 aromatic rings. The van der Waals surface area contributed by atoms with Gasteiger partial charge in [-0.2, -0.15) is 0 Å². The Kier molecular flexibility index (Phi) is 7.81. The van der Waals surface area contributed by atoms with Crippen LogP contribution in [-0.4, -0.2) is 49.5 Å². The van der Waals surface area contributed by atoms with Gasteiger partial charge >= 0.3 is 0 Å². The van der Waals surface area contributed by atoms with Crippen LogP contribution in [0.1, 0.15) is 44.9 Å². The Labute approximate surface area is 99.8 Å². The number of aliphatic hydroxyl groups is 1. The molecule has 1 aliphatic rings. The highest BCUT2D eigenvalue weighted by Gasteiger charge is 2.20. The molecule has 0 aromatic heterocycles. The van der Waals surface area contributed by atoms with Crippen molar-refractivity contribution in [3.05, 3.63) is 0 Å². The molecule has 3 nitrogen and oxygen atoms in total. The first-order chi connectivity index (χ1) is 7.88. The molecule has 1 aliphatic heterocycles. The number of ether oxygens (including phenoxy) is 1. The van der Waals surface area contributed by atoms with E-state index >= 15 is 0 Å². The van der Waals surface area contributed by atoms with Gasteiger partial charge in [-0.25, -0.2) is 0 Å². The van der Waals surface area contributed by atoms with Gasteiger partial charge in [-0.05, 0) is 51.6 Å². The second-order valence-corrected chi connectivity index (χ2v) is 4.75. The number of unbranched alkanes of at least 4 members (excludes halogenated alkanes) is 2. The lowest BCUT2D eigenvalue weighted by Gasteiger charge is -2.35. The van der Waals surface area contributed by atoms with Crippen molar-refractivity contribution in [2.24, 2.45) is 0 Å². The summed E-state index contributed by atoms with van der Waals surface area (Å²) in [6.45, 7) is 3.66. The van der Waals surface area contributed by atoms with E-state index in [1.54, 1.807) is 7.11 Å². The number of aliphatic hydroxyl groups excluding tert-OH is 1. The average molecular weight is 229 g/mol. The molecule has 96 valence electrons. The van der Waals surface area contributed by atoms with Gasteiger partial charge in [0.25, 0.3) is 0 Å². The van der Waals surface area contributed by atoms with Crippen molar-refractivity contribution in [3.63, 3.8) is 0 Å². The predicted molar refractivity (Wildman–Crippen MR) is 66.6 cm³/mol. The van der Waals surface area contributed by atoms with Gasteiger partial charge in [-0.15, -0.1) is 0 Å². The van der Waals surface area contributed by atoms with Gasteiger partial charge in [0.1, 0.15) is 0 Å². The van der Waals surface area contributed by atoms with Crippen LogP contribution in [0.4, 0.5) is 0 Å². The van der Waals surface area contributed by atoms with E-state index in [9.17, 15) is 0 Å². The van der Waals surface area contributed by atoms with Crippen molar-refractivity contribution in [3.8, 4) is 0 Å². The van der Waals surface area contributed by atoms with Crippen molar-refractivity contribution in [1.82, 2.24) is 4.90 Å². The Hall–Kier alpha value is -0.120. The Bertz CT molecular complexity index is 162. The second kappa shape index (κ2) is 8.97. The van der Waals surface area contributed by atoms with Crippen molar-refractivity contribution >= 4 is 0 Å². The van der Waals surface area contributed by atoms with Crippen molar-refractivity contribution in [2.75, 3.05) is 33.4 Å². The molecule has 1 atom stereocenters. The van der Waals surface area contributed by atoms with Crippen molar-refractivity contribution in [1.29, 1.82) is 0 Å². The zero-order chi connectivity index (χ0) is 11.6. The fourth-order valence-electron chi connectivity index (χ4n) is 2.57.